The molecule has 1 aromatic carbocycles. The van der Waals surface area contributed by atoms with Gasteiger partial charge in [0, 0.05) is 30.9 Å². The number of aromatic nitrogens is 4. The first-order chi connectivity index (χ1) is 14.3. The van der Waals surface area contributed by atoms with E-state index < -0.39 is 0 Å². The Kier molecular flexibility index (Phi) is 5.00. The van der Waals surface area contributed by atoms with Crippen molar-refractivity contribution in [3.05, 3.63) is 48.7 Å². The molecule has 3 aromatic rings. The number of nitrogens with zero attached hydrogens (tertiary/aromatic N) is 5. The van der Waals surface area contributed by atoms with Crippen LogP contribution < -0.4 is 4.90 Å². The summed E-state index contributed by atoms with van der Waals surface area (Å²) in [6, 6.07) is 9.00. The normalized spacial score (nSPS) is 17.8. The fraction of sp³-hybridized carbons (Fsp3) is 0.435. The van der Waals surface area contributed by atoms with Crippen LogP contribution in [0.5, 0.6) is 0 Å². The van der Waals surface area contributed by atoms with Gasteiger partial charge in [0.1, 0.15) is 5.82 Å². The summed E-state index contributed by atoms with van der Waals surface area (Å²) in [4.78, 5) is 16.5. The van der Waals surface area contributed by atoms with E-state index in [1.807, 2.05) is 18.6 Å². The molecule has 0 radical (unpaired) electrons. The minimum absolute atomic E-state index is 0.236. The highest BCUT2D eigenvalue weighted by molar-refractivity contribution is 5.77. The molecule has 5 rings (SSSR count). The van der Waals surface area contributed by atoms with Gasteiger partial charge in [0.15, 0.2) is 0 Å². The molecule has 6 heteroatoms. The highest BCUT2D eigenvalue weighted by Gasteiger charge is 2.24. The lowest BCUT2D eigenvalue weighted by Gasteiger charge is -2.25. The Morgan fingerprint density at radius 1 is 0.862 bits per heavy atom. The standard InChI is InChI=1S/C23H26FN5/c24-18-10-8-17(9-11-18)21-22(29(16-26-21)19-6-2-1-3-7-19)20-12-13-25-23(27-20)28-14-4-5-15-28/h8-13,16,19H,1-7,14-15H2. The number of hydrogen-bond donors (Lipinski definition) is 0. The van der Waals surface area contributed by atoms with Gasteiger partial charge in [0.25, 0.3) is 0 Å². The molecule has 0 unspecified atom stereocenters. The van der Waals surface area contributed by atoms with Gasteiger partial charge in [-0.3, -0.25) is 0 Å². The van der Waals surface area contributed by atoms with Gasteiger partial charge in [-0.15, -0.1) is 0 Å². The highest BCUT2D eigenvalue weighted by Crippen LogP contribution is 2.37. The summed E-state index contributed by atoms with van der Waals surface area (Å²) in [5, 5.41) is 0. The van der Waals surface area contributed by atoms with E-state index in [0.717, 1.165) is 54.5 Å². The zero-order chi connectivity index (χ0) is 19.6. The van der Waals surface area contributed by atoms with Crippen LogP contribution in [0.2, 0.25) is 0 Å². The van der Waals surface area contributed by atoms with Gasteiger partial charge in [-0.2, -0.15) is 0 Å². The molecule has 1 aliphatic heterocycles. The van der Waals surface area contributed by atoms with Gasteiger partial charge in [-0.05, 0) is 56.0 Å². The molecule has 1 aliphatic carbocycles. The van der Waals surface area contributed by atoms with Crippen LogP contribution in [0.3, 0.4) is 0 Å². The first-order valence-corrected chi connectivity index (χ1v) is 10.7. The zero-order valence-electron chi connectivity index (χ0n) is 16.6. The lowest BCUT2D eigenvalue weighted by Crippen LogP contribution is -2.20. The highest BCUT2D eigenvalue weighted by atomic mass is 19.1. The molecule has 29 heavy (non-hydrogen) atoms. The van der Waals surface area contributed by atoms with Crippen LogP contribution in [0.25, 0.3) is 22.6 Å². The van der Waals surface area contributed by atoms with Crippen LogP contribution in [0.4, 0.5) is 10.3 Å². The first-order valence-electron chi connectivity index (χ1n) is 10.7. The monoisotopic (exact) mass is 391 g/mol. The number of imidazole rings is 1. The molecule has 3 heterocycles. The molecule has 0 atom stereocenters. The van der Waals surface area contributed by atoms with Crippen molar-refractivity contribution in [3.8, 4) is 22.6 Å². The molecule has 0 spiro atoms. The fourth-order valence-corrected chi connectivity index (χ4v) is 4.62. The summed E-state index contributed by atoms with van der Waals surface area (Å²) in [7, 11) is 0. The van der Waals surface area contributed by atoms with E-state index in [4.69, 9.17) is 9.97 Å². The molecule has 0 N–H and O–H groups in total. The predicted octanol–water partition coefficient (Wildman–Crippen LogP) is 5.25. The van der Waals surface area contributed by atoms with Gasteiger partial charge >= 0.3 is 0 Å². The lowest BCUT2D eigenvalue weighted by molar-refractivity contribution is 0.355. The molecule has 0 bridgehead atoms. The largest absolute Gasteiger partial charge is 0.341 e. The van der Waals surface area contributed by atoms with Crippen molar-refractivity contribution in [2.45, 2.75) is 51.0 Å². The van der Waals surface area contributed by atoms with Crippen molar-refractivity contribution in [2.24, 2.45) is 0 Å². The van der Waals surface area contributed by atoms with E-state index in [-0.39, 0.29) is 5.82 Å². The van der Waals surface area contributed by atoms with Crippen molar-refractivity contribution in [1.29, 1.82) is 0 Å². The minimum atomic E-state index is -0.236. The summed E-state index contributed by atoms with van der Waals surface area (Å²) >= 11 is 0. The maximum Gasteiger partial charge on any atom is 0.225 e. The van der Waals surface area contributed by atoms with Crippen LogP contribution in [-0.4, -0.2) is 32.6 Å². The van der Waals surface area contributed by atoms with Crippen molar-refractivity contribution in [3.63, 3.8) is 0 Å². The van der Waals surface area contributed by atoms with Gasteiger partial charge < -0.3 is 9.47 Å². The van der Waals surface area contributed by atoms with E-state index in [1.54, 1.807) is 12.1 Å². The molecule has 5 nitrogen and oxygen atoms in total. The maximum absolute atomic E-state index is 13.5. The van der Waals surface area contributed by atoms with Crippen LogP contribution in [0, 0.1) is 5.82 Å². The van der Waals surface area contributed by atoms with Crippen LogP contribution >= 0.6 is 0 Å². The Hall–Kier alpha value is -2.76. The van der Waals surface area contributed by atoms with Crippen molar-refractivity contribution in [1.82, 2.24) is 19.5 Å². The maximum atomic E-state index is 13.5. The Labute approximate surface area is 170 Å². The van der Waals surface area contributed by atoms with E-state index in [2.05, 4.69) is 14.5 Å². The molecule has 2 aromatic heterocycles. The zero-order valence-corrected chi connectivity index (χ0v) is 16.6. The Morgan fingerprint density at radius 3 is 2.38 bits per heavy atom. The fourth-order valence-electron chi connectivity index (χ4n) is 4.62. The van der Waals surface area contributed by atoms with Gasteiger partial charge in [-0.1, -0.05) is 19.3 Å². The summed E-state index contributed by atoms with van der Waals surface area (Å²) < 4.78 is 15.8. The quantitative estimate of drug-likeness (QED) is 0.609. The van der Waals surface area contributed by atoms with E-state index >= 15 is 0 Å². The third kappa shape index (κ3) is 3.63. The molecular weight excluding hydrogens is 365 g/mol. The average molecular weight is 391 g/mol. The third-order valence-corrected chi connectivity index (χ3v) is 6.15. The van der Waals surface area contributed by atoms with Crippen LogP contribution in [0.15, 0.2) is 42.9 Å². The van der Waals surface area contributed by atoms with Gasteiger partial charge in [-0.25, -0.2) is 19.3 Å². The molecular formula is C23H26FN5. The Bertz CT molecular complexity index is 969. The molecule has 0 amide bonds. The number of rotatable bonds is 4. The summed E-state index contributed by atoms with van der Waals surface area (Å²) in [5.41, 5.74) is 3.69. The number of anilines is 1. The second kappa shape index (κ2) is 7.93. The van der Waals surface area contributed by atoms with Crippen LogP contribution in [-0.2, 0) is 0 Å². The van der Waals surface area contributed by atoms with Crippen molar-refractivity contribution in [2.75, 3.05) is 18.0 Å². The number of hydrogen-bond acceptors (Lipinski definition) is 4. The summed E-state index contributed by atoms with van der Waals surface area (Å²) in [6.45, 7) is 2.02. The molecule has 150 valence electrons. The van der Waals surface area contributed by atoms with Crippen molar-refractivity contribution >= 4 is 5.95 Å². The second-order valence-electron chi connectivity index (χ2n) is 8.08. The smallest absolute Gasteiger partial charge is 0.225 e. The Morgan fingerprint density at radius 2 is 1.62 bits per heavy atom. The molecule has 2 fully saturated rings. The van der Waals surface area contributed by atoms with E-state index in [0.29, 0.717) is 6.04 Å². The number of benzene rings is 1. The van der Waals surface area contributed by atoms with Crippen molar-refractivity contribution < 1.29 is 4.39 Å². The first kappa shape index (κ1) is 18.3. The number of halogens is 1. The van der Waals surface area contributed by atoms with E-state index in [9.17, 15) is 4.39 Å². The van der Waals surface area contributed by atoms with Gasteiger partial charge in [0.05, 0.1) is 23.4 Å². The molecule has 1 saturated carbocycles. The summed E-state index contributed by atoms with van der Waals surface area (Å²) in [5.74, 6) is 0.557. The predicted molar refractivity (Wildman–Crippen MR) is 112 cm³/mol. The lowest BCUT2D eigenvalue weighted by atomic mass is 9.95. The van der Waals surface area contributed by atoms with Gasteiger partial charge in [0.2, 0.25) is 5.95 Å². The topological polar surface area (TPSA) is 46.8 Å². The SMILES string of the molecule is Fc1ccc(-c2ncn(C3CCCCC3)c2-c2ccnc(N3CCCC3)n2)cc1. The second-order valence-corrected chi connectivity index (χ2v) is 8.08. The van der Waals surface area contributed by atoms with E-state index in [1.165, 1.54) is 44.2 Å². The third-order valence-electron chi connectivity index (χ3n) is 6.15. The minimum Gasteiger partial charge on any atom is -0.341 e. The average Bonchev–Trinajstić information content (AvgIpc) is 3.46. The molecule has 1 saturated heterocycles. The molecule has 2 aliphatic rings. The summed E-state index contributed by atoms with van der Waals surface area (Å²) in [6.07, 6.45) is 12.3. The van der Waals surface area contributed by atoms with Crippen LogP contribution in [0.1, 0.15) is 51.0 Å². The Balaban J connectivity index is 1.61.